The van der Waals surface area contributed by atoms with Crippen molar-refractivity contribution >= 4 is 23.0 Å². The van der Waals surface area contributed by atoms with Crippen LogP contribution in [-0.2, 0) is 0 Å². The van der Waals surface area contributed by atoms with Crippen LogP contribution in [0.4, 0.5) is 5.69 Å². The van der Waals surface area contributed by atoms with Crippen molar-refractivity contribution in [3.63, 3.8) is 0 Å². The van der Waals surface area contributed by atoms with E-state index in [4.69, 9.17) is 21.9 Å². The predicted octanol–water partition coefficient (Wildman–Crippen LogP) is 8.38. The molecule has 2 atom stereocenters. The first kappa shape index (κ1) is 26.8. The fourth-order valence-electron chi connectivity index (χ4n) is 6.20. The SMILES string of the molecule is Cc1cc(C)c(-n2c(C)cc([C@H]3[C@H](c4ccccn4)NC(=S)N3c3ccc(Oc4ccccc4)cc3)c2C)c(C)c1. The van der Waals surface area contributed by atoms with Gasteiger partial charge in [0.2, 0.25) is 0 Å². The third-order valence-electron chi connectivity index (χ3n) is 7.84. The second kappa shape index (κ2) is 10.9. The lowest BCUT2D eigenvalue weighted by Crippen LogP contribution is -2.29. The number of aryl methyl sites for hydroxylation is 4. The minimum atomic E-state index is -0.113. The largest absolute Gasteiger partial charge is 0.457 e. The molecule has 1 aliphatic rings. The Morgan fingerprint density at radius 1 is 0.780 bits per heavy atom. The van der Waals surface area contributed by atoms with Gasteiger partial charge in [-0.1, -0.05) is 42.0 Å². The average Bonchev–Trinajstić information content (AvgIpc) is 3.45. The lowest BCUT2D eigenvalue weighted by atomic mass is 9.96. The number of anilines is 1. The van der Waals surface area contributed by atoms with E-state index in [1.165, 1.54) is 39.3 Å². The first-order valence-corrected chi connectivity index (χ1v) is 14.3. The van der Waals surface area contributed by atoms with Crippen LogP contribution in [0.15, 0.2) is 97.2 Å². The van der Waals surface area contributed by atoms with Crippen molar-refractivity contribution in [3.05, 3.63) is 137 Å². The highest BCUT2D eigenvalue weighted by Gasteiger charge is 2.42. The van der Waals surface area contributed by atoms with Crippen molar-refractivity contribution in [1.82, 2.24) is 14.9 Å². The molecule has 2 aromatic heterocycles. The average molecular weight is 559 g/mol. The standard InChI is InChI=1S/C35H34N4OS/c1-22-19-23(2)33(24(3)20-22)38-25(4)21-30(26(38)5)34-32(31-13-9-10-18-36-31)37-35(41)39(34)27-14-16-29(17-15-27)40-28-11-7-6-8-12-28/h6-21,32,34H,1-5H3,(H,37,41)/t32-,34-/m0/s1. The van der Waals surface area contributed by atoms with E-state index in [1.807, 2.05) is 60.8 Å². The summed E-state index contributed by atoms with van der Waals surface area (Å²) in [6.07, 6.45) is 1.85. The predicted molar refractivity (Wildman–Crippen MR) is 170 cm³/mol. The van der Waals surface area contributed by atoms with Gasteiger partial charge >= 0.3 is 0 Å². The lowest BCUT2D eigenvalue weighted by Gasteiger charge is -2.28. The van der Waals surface area contributed by atoms with Gasteiger partial charge in [-0.05, 0) is 118 Å². The van der Waals surface area contributed by atoms with Crippen molar-refractivity contribution in [1.29, 1.82) is 0 Å². The van der Waals surface area contributed by atoms with Crippen LogP contribution in [0.5, 0.6) is 11.5 Å². The van der Waals surface area contributed by atoms with Crippen molar-refractivity contribution < 1.29 is 4.74 Å². The second-order valence-corrected chi connectivity index (χ2v) is 11.2. The molecule has 0 aliphatic carbocycles. The summed E-state index contributed by atoms with van der Waals surface area (Å²) in [7, 11) is 0. The van der Waals surface area contributed by atoms with Crippen molar-refractivity contribution in [2.45, 2.75) is 46.7 Å². The number of hydrogen-bond donors (Lipinski definition) is 1. The topological polar surface area (TPSA) is 42.3 Å². The van der Waals surface area contributed by atoms with Gasteiger partial charge in [0.1, 0.15) is 11.5 Å². The Morgan fingerprint density at radius 3 is 2.10 bits per heavy atom. The minimum Gasteiger partial charge on any atom is -0.457 e. The zero-order valence-electron chi connectivity index (χ0n) is 24.1. The first-order valence-electron chi connectivity index (χ1n) is 13.9. The maximum atomic E-state index is 6.06. The van der Waals surface area contributed by atoms with E-state index < -0.39 is 0 Å². The molecule has 0 radical (unpaired) electrons. The van der Waals surface area contributed by atoms with Crippen LogP contribution in [0.3, 0.4) is 0 Å². The number of nitrogens with zero attached hydrogens (tertiary/aromatic N) is 3. The van der Waals surface area contributed by atoms with E-state index >= 15 is 0 Å². The van der Waals surface area contributed by atoms with Crippen LogP contribution in [0, 0.1) is 34.6 Å². The van der Waals surface area contributed by atoms with Gasteiger partial charge in [0.25, 0.3) is 0 Å². The molecule has 5 aromatic rings. The summed E-state index contributed by atoms with van der Waals surface area (Å²) in [5.41, 5.74) is 10.6. The third-order valence-corrected chi connectivity index (χ3v) is 8.15. The normalized spacial score (nSPS) is 16.6. The molecule has 1 N–H and O–H groups in total. The molecule has 6 rings (SSSR count). The molecule has 1 saturated heterocycles. The molecule has 1 aliphatic heterocycles. The highest BCUT2D eigenvalue weighted by molar-refractivity contribution is 7.80. The summed E-state index contributed by atoms with van der Waals surface area (Å²) in [6.45, 7) is 10.9. The Balaban J connectivity index is 1.45. The highest BCUT2D eigenvalue weighted by atomic mass is 32.1. The van der Waals surface area contributed by atoms with Gasteiger partial charge < -0.3 is 19.5 Å². The Kier molecular flexibility index (Phi) is 7.10. The van der Waals surface area contributed by atoms with Gasteiger partial charge in [0, 0.05) is 23.3 Å². The van der Waals surface area contributed by atoms with Crippen molar-refractivity contribution in [2.75, 3.05) is 4.90 Å². The summed E-state index contributed by atoms with van der Waals surface area (Å²) in [5.74, 6) is 1.58. The van der Waals surface area contributed by atoms with Crippen molar-refractivity contribution in [2.24, 2.45) is 0 Å². The molecular weight excluding hydrogens is 524 g/mol. The third kappa shape index (κ3) is 5.00. The van der Waals surface area contributed by atoms with Crippen LogP contribution in [0.1, 0.15) is 51.4 Å². The van der Waals surface area contributed by atoms with Crippen LogP contribution in [0.25, 0.3) is 5.69 Å². The number of ether oxygens (including phenoxy) is 1. The van der Waals surface area contributed by atoms with Gasteiger partial charge in [0.05, 0.1) is 23.5 Å². The van der Waals surface area contributed by atoms with E-state index in [1.54, 1.807) is 0 Å². The number of para-hydroxylation sites is 1. The molecule has 0 unspecified atom stereocenters. The number of benzene rings is 3. The number of pyridine rings is 1. The van der Waals surface area contributed by atoms with Crippen LogP contribution in [0.2, 0.25) is 0 Å². The first-order chi connectivity index (χ1) is 19.8. The molecule has 0 amide bonds. The summed E-state index contributed by atoms with van der Waals surface area (Å²) >= 11 is 6.00. The van der Waals surface area contributed by atoms with Crippen LogP contribution in [-0.4, -0.2) is 14.7 Å². The number of thiocarbonyl (C=S) groups is 1. The Labute approximate surface area is 247 Å². The molecular formula is C35H34N4OS. The molecule has 0 saturated carbocycles. The van der Waals surface area contributed by atoms with Gasteiger partial charge in [-0.2, -0.15) is 0 Å². The minimum absolute atomic E-state index is 0.0932. The van der Waals surface area contributed by atoms with Gasteiger partial charge in [0.15, 0.2) is 5.11 Å². The second-order valence-electron chi connectivity index (χ2n) is 10.8. The molecule has 5 nitrogen and oxygen atoms in total. The highest BCUT2D eigenvalue weighted by Crippen LogP contribution is 2.44. The number of aromatic nitrogens is 2. The number of rotatable bonds is 6. The quantitative estimate of drug-likeness (QED) is 0.212. The monoisotopic (exact) mass is 558 g/mol. The van der Waals surface area contributed by atoms with Gasteiger partial charge in [-0.3, -0.25) is 4.98 Å². The van der Waals surface area contributed by atoms with Crippen LogP contribution < -0.4 is 15.0 Å². The maximum absolute atomic E-state index is 6.06. The zero-order chi connectivity index (χ0) is 28.7. The molecule has 0 bridgehead atoms. The van der Waals surface area contributed by atoms with E-state index in [2.05, 4.69) is 85.8 Å². The van der Waals surface area contributed by atoms with Crippen LogP contribution >= 0.6 is 12.2 Å². The molecule has 0 spiro atoms. The number of nitrogens with one attached hydrogen (secondary N) is 1. The van der Waals surface area contributed by atoms with Crippen molar-refractivity contribution in [3.8, 4) is 17.2 Å². The molecule has 3 aromatic carbocycles. The summed E-state index contributed by atoms with van der Waals surface area (Å²) in [6, 6.07) is 30.6. The molecule has 1 fully saturated rings. The molecule has 3 heterocycles. The molecule has 206 valence electrons. The smallest absolute Gasteiger partial charge is 0.174 e. The van der Waals surface area contributed by atoms with Gasteiger partial charge in [-0.25, -0.2) is 0 Å². The Bertz CT molecular complexity index is 1690. The summed E-state index contributed by atoms with van der Waals surface area (Å²) < 4.78 is 8.46. The fraction of sp³-hybridized carbons (Fsp3) is 0.200. The molecule has 6 heteroatoms. The fourth-order valence-corrected chi connectivity index (χ4v) is 6.55. The number of hydrogen-bond acceptors (Lipinski definition) is 3. The molecule has 41 heavy (non-hydrogen) atoms. The van der Waals surface area contributed by atoms with Gasteiger partial charge in [-0.15, -0.1) is 0 Å². The Morgan fingerprint density at radius 2 is 1.44 bits per heavy atom. The van der Waals surface area contributed by atoms with E-state index in [-0.39, 0.29) is 12.1 Å². The lowest BCUT2D eigenvalue weighted by molar-refractivity contribution is 0.482. The van der Waals surface area contributed by atoms with E-state index in [0.717, 1.165) is 22.9 Å². The zero-order valence-corrected chi connectivity index (χ0v) is 24.9. The van der Waals surface area contributed by atoms with E-state index in [9.17, 15) is 0 Å². The van der Waals surface area contributed by atoms with E-state index in [0.29, 0.717) is 5.11 Å². The summed E-state index contributed by atoms with van der Waals surface area (Å²) in [5, 5.41) is 4.28. The Hall–Kier alpha value is -4.42. The maximum Gasteiger partial charge on any atom is 0.174 e. The summed E-state index contributed by atoms with van der Waals surface area (Å²) in [4.78, 5) is 6.96.